The van der Waals surface area contributed by atoms with E-state index in [2.05, 4.69) is 25.1 Å². The topological polar surface area (TPSA) is 26.0 Å². The van der Waals surface area contributed by atoms with Gasteiger partial charge in [-0.25, -0.2) is 0 Å². The van der Waals surface area contributed by atoms with Crippen molar-refractivity contribution in [2.75, 3.05) is 5.75 Å². The van der Waals surface area contributed by atoms with Crippen LogP contribution in [0.25, 0.3) is 0 Å². The summed E-state index contributed by atoms with van der Waals surface area (Å²) in [5.41, 5.74) is 8.65. The molecule has 1 aliphatic heterocycles. The first kappa shape index (κ1) is 9.10. The second kappa shape index (κ2) is 3.72. The summed E-state index contributed by atoms with van der Waals surface area (Å²) < 4.78 is 0. The summed E-state index contributed by atoms with van der Waals surface area (Å²) in [6, 6.07) is 7.04. The van der Waals surface area contributed by atoms with Crippen LogP contribution in [0.1, 0.15) is 18.1 Å². The Labute approximate surface area is 83.7 Å². The van der Waals surface area contributed by atoms with Gasteiger partial charge < -0.3 is 5.73 Å². The molecule has 2 heteroatoms. The fourth-order valence-corrected chi connectivity index (χ4v) is 2.84. The SMILES string of the molecule is CC(N)Cc1ccc2c(c1)SCC2. The molecule has 0 saturated heterocycles. The highest BCUT2D eigenvalue weighted by Crippen LogP contribution is 2.31. The van der Waals surface area contributed by atoms with Crippen molar-refractivity contribution >= 4 is 11.8 Å². The highest BCUT2D eigenvalue weighted by Gasteiger charge is 2.11. The van der Waals surface area contributed by atoms with E-state index in [-0.39, 0.29) is 6.04 Å². The second-order valence-corrected chi connectivity index (χ2v) is 4.86. The Hall–Kier alpha value is -0.470. The molecule has 0 amide bonds. The van der Waals surface area contributed by atoms with Crippen molar-refractivity contribution in [1.29, 1.82) is 0 Å². The van der Waals surface area contributed by atoms with Gasteiger partial charge in [0.15, 0.2) is 0 Å². The normalized spacial score (nSPS) is 17.1. The van der Waals surface area contributed by atoms with E-state index in [0.717, 1.165) is 6.42 Å². The maximum atomic E-state index is 5.76. The summed E-state index contributed by atoms with van der Waals surface area (Å²) in [5, 5.41) is 0. The highest BCUT2D eigenvalue weighted by molar-refractivity contribution is 7.99. The molecule has 0 spiro atoms. The Kier molecular flexibility index (Phi) is 2.61. The van der Waals surface area contributed by atoms with Crippen molar-refractivity contribution in [3.8, 4) is 0 Å². The number of hydrogen-bond donors (Lipinski definition) is 1. The summed E-state index contributed by atoms with van der Waals surface area (Å²) in [7, 11) is 0. The van der Waals surface area contributed by atoms with E-state index in [0.29, 0.717) is 0 Å². The van der Waals surface area contributed by atoms with E-state index in [1.807, 2.05) is 11.8 Å². The van der Waals surface area contributed by atoms with E-state index in [4.69, 9.17) is 5.73 Å². The van der Waals surface area contributed by atoms with Crippen LogP contribution in [0.5, 0.6) is 0 Å². The van der Waals surface area contributed by atoms with Crippen molar-refractivity contribution in [1.82, 2.24) is 0 Å². The third-order valence-electron chi connectivity index (χ3n) is 2.32. The number of hydrogen-bond acceptors (Lipinski definition) is 2. The van der Waals surface area contributed by atoms with Crippen molar-refractivity contribution < 1.29 is 0 Å². The number of thioether (sulfide) groups is 1. The fraction of sp³-hybridized carbons (Fsp3) is 0.455. The standard InChI is InChI=1S/C11H15NS/c1-8(12)6-9-2-3-10-4-5-13-11(10)7-9/h2-3,7-8H,4-6,12H2,1H3. The van der Waals surface area contributed by atoms with Gasteiger partial charge in [-0.15, -0.1) is 11.8 Å². The average Bonchev–Trinajstić information content (AvgIpc) is 2.49. The largest absolute Gasteiger partial charge is 0.328 e. The van der Waals surface area contributed by atoms with E-state index in [1.165, 1.54) is 28.2 Å². The Balaban J connectivity index is 2.21. The van der Waals surface area contributed by atoms with Crippen molar-refractivity contribution in [2.45, 2.75) is 30.7 Å². The van der Waals surface area contributed by atoms with E-state index < -0.39 is 0 Å². The van der Waals surface area contributed by atoms with Crippen LogP contribution < -0.4 is 5.73 Å². The second-order valence-electron chi connectivity index (χ2n) is 3.72. The number of nitrogens with two attached hydrogens (primary N) is 1. The number of rotatable bonds is 2. The van der Waals surface area contributed by atoms with Gasteiger partial charge in [-0.2, -0.15) is 0 Å². The lowest BCUT2D eigenvalue weighted by atomic mass is 10.0. The summed E-state index contributed by atoms with van der Waals surface area (Å²) in [6.45, 7) is 2.06. The highest BCUT2D eigenvalue weighted by atomic mass is 32.2. The molecule has 1 nitrogen and oxygen atoms in total. The van der Waals surface area contributed by atoms with Crippen LogP contribution in [0, 0.1) is 0 Å². The molecule has 70 valence electrons. The predicted octanol–water partition coefficient (Wildman–Crippen LogP) is 2.22. The number of fused-ring (bicyclic) bond motifs is 1. The summed E-state index contributed by atoms with van der Waals surface area (Å²) in [5.74, 6) is 1.25. The molecule has 1 atom stereocenters. The zero-order valence-corrected chi connectivity index (χ0v) is 8.73. The van der Waals surface area contributed by atoms with Crippen LogP contribution >= 0.6 is 11.8 Å². The average molecular weight is 193 g/mol. The lowest BCUT2D eigenvalue weighted by molar-refractivity contribution is 0.736. The molecule has 13 heavy (non-hydrogen) atoms. The summed E-state index contributed by atoms with van der Waals surface area (Å²) in [6.07, 6.45) is 2.23. The number of aryl methyl sites for hydroxylation is 1. The minimum absolute atomic E-state index is 0.268. The molecule has 0 bridgehead atoms. The van der Waals surface area contributed by atoms with Crippen LogP contribution in [-0.4, -0.2) is 11.8 Å². The zero-order chi connectivity index (χ0) is 9.26. The molecular formula is C11H15NS. The van der Waals surface area contributed by atoms with Gasteiger partial charge in [0.2, 0.25) is 0 Å². The molecule has 0 radical (unpaired) electrons. The Morgan fingerprint density at radius 3 is 3.15 bits per heavy atom. The van der Waals surface area contributed by atoms with Crippen molar-refractivity contribution in [2.24, 2.45) is 5.73 Å². The van der Waals surface area contributed by atoms with Gasteiger partial charge in [-0.1, -0.05) is 12.1 Å². The van der Waals surface area contributed by atoms with Crippen LogP contribution in [0.3, 0.4) is 0 Å². The Bertz CT molecular complexity index is 307. The van der Waals surface area contributed by atoms with Crippen LogP contribution in [0.4, 0.5) is 0 Å². The van der Waals surface area contributed by atoms with Crippen molar-refractivity contribution in [3.05, 3.63) is 29.3 Å². The minimum Gasteiger partial charge on any atom is -0.328 e. The first-order valence-electron chi connectivity index (χ1n) is 4.76. The number of benzene rings is 1. The first-order valence-corrected chi connectivity index (χ1v) is 5.74. The molecule has 0 fully saturated rings. The quantitative estimate of drug-likeness (QED) is 0.779. The maximum Gasteiger partial charge on any atom is 0.0107 e. The minimum atomic E-state index is 0.268. The molecule has 1 aromatic rings. The maximum absolute atomic E-state index is 5.76. The van der Waals surface area contributed by atoms with Gasteiger partial charge in [-0.05, 0) is 37.0 Å². The lowest BCUT2D eigenvalue weighted by Gasteiger charge is -2.06. The fourth-order valence-electron chi connectivity index (χ4n) is 1.71. The Morgan fingerprint density at radius 2 is 2.38 bits per heavy atom. The van der Waals surface area contributed by atoms with Gasteiger partial charge in [0.1, 0.15) is 0 Å². The van der Waals surface area contributed by atoms with Crippen LogP contribution in [-0.2, 0) is 12.8 Å². The van der Waals surface area contributed by atoms with E-state index in [9.17, 15) is 0 Å². The van der Waals surface area contributed by atoms with E-state index >= 15 is 0 Å². The zero-order valence-electron chi connectivity index (χ0n) is 7.92. The molecule has 1 aliphatic rings. The van der Waals surface area contributed by atoms with Gasteiger partial charge in [0.05, 0.1) is 0 Å². The first-order chi connectivity index (χ1) is 6.25. The van der Waals surface area contributed by atoms with Gasteiger partial charge in [-0.3, -0.25) is 0 Å². The molecule has 1 aromatic carbocycles. The molecule has 0 saturated carbocycles. The predicted molar refractivity (Wildman–Crippen MR) is 58.2 cm³/mol. The van der Waals surface area contributed by atoms with E-state index in [1.54, 1.807) is 0 Å². The van der Waals surface area contributed by atoms with Crippen LogP contribution in [0.2, 0.25) is 0 Å². The Morgan fingerprint density at radius 1 is 1.54 bits per heavy atom. The van der Waals surface area contributed by atoms with Gasteiger partial charge in [0, 0.05) is 16.7 Å². The van der Waals surface area contributed by atoms with Gasteiger partial charge >= 0.3 is 0 Å². The molecule has 2 rings (SSSR count). The summed E-state index contributed by atoms with van der Waals surface area (Å²) >= 11 is 1.97. The third kappa shape index (κ3) is 2.06. The molecule has 2 N–H and O–H groups in total. The van der Waals surface area contributed by atoms with Gasteiger partial charge in [0.25, 0.3) is 0 Å². The lowest BCUT2D eigenvalue weighted by Crippen LogP contribution is -2.17. The third-order valence-corrected chi connectivity index (χ3v) is 3.42. The van der Waals surface area contributed by atoms with Crippen LogP contribution in [0.15, 0.2) is 23.1 Å². The molecule has 0 aromatic heterocycles. The summed E-state index contributed by atoms with van der Waals surface area (Å²) in [4.78, 5) is 1.47. The monoisotopic (exact) mass is 193 g/mol. The molecule has 0 aliphatic carbocycles. The molecule has 1 unspecified atom stereocenters. The molecule has 1 heterocycles. The molecular weight excluding hydrogens is 178 g/mol. The smallest absolute Gasteiger partial charge is 0.0107 e. The van der Waals surface area contributed by atoms with Crippen molar-refractivity contribution in [3.63, 3.8) is 0 Å².